The number of benzene rings is 2. The van der Waals surface area contributed by atoms with E-state index < -0.39 is 0 Å². The summed E-state index contributed by atoms with van der Waals surface area (Å²) in [5.41, 5.74) is 1.78. The van der Waals surface area contributed by atoms with Gasteiger partial charge in [-0.15, -0.1) is 0 Å². The number of hydrogen-bond acceptors (Lipinski definition) is 5. The molecule has 1 aliphatic heterocycles. The highest BCUT2D eigenvalue weighted by molar-refractivity contribution is 7.80. The number of methoxy groups -OCH3 is 2. The van der Waals surface area contributed by atoms with Crippen LogP contribution in [0.1, 0.15) is 18.5 Å². The van der Waals surface area contributed by atoms with E-state index in [1.807, 2.05) is 43.3 Å². The van der Waals surface area contributed by atoms with Crippen LogP contribution in [0.25, 0.3) is 0 Å². The molecule has 2 aromatic carbocycles. The van der Waals surface area contributed by atoms with Crippen LogP contribution >= 0.6 is 12.2 Å². The second kappa shape index (κ2) is 7.48. The number of nitrogens with one attached hydrogen (secondary N) is 2. The summed E-state index contributed by atoms with van der Waals surface area (Å²) in [5, 5.41) is 6.88. The van der Waals surface area contributed by atoms with Crippen LogP contribution in [0.4, 0.5) is 5.69 Å². The Balaban J connectivity index is 1.68. The minimum absolute atomic E-state index is 0.00824. The highest BCUT2D eigenvalue weighted by atomic mass is 32.1. The summed E-state index contributed by atoms with van der Waals surface area (Å²) in [6, 6.07) is 11.3. The summed E-state index contributed by atoms with van der Waals surface area (Å²) < 4.78 is 21.3. The van der Waals surface area contributed by atoms with Crippen molar-refractivity contribution in [2.24, 2.45) is 0 Å². The molecule has 0 fully saturated rings. The Bertz CT molecular complexity index is 782. The van der Waals surface area contributed by atoms with E-state index in [4.69, 9.17) is 31.2 Å². The average Bonchev–Trinajstić information content (AvgIpc) is 3.09. The van der Waals surface area contributed by atoms with Crippen LogP contribution in [0.3, 0.4) is 0 Å². The van der Waals surface area contributed by atoms with Crippen LogP contribution in [-0.2, 0) is 0 Å². The zero-order valence-electron chi connectivity index (χ0n) is 14.3. The second-order valence-corrected chi connectivity index (χ2v) is 5.91. The van der Waals surface area contributed by atoms with Gasteiger partial charge in [-0.1, -0.05) is 6.07 Å². The van der Waals surface area contributed by atoms with Crippen molar-refractivity contribution < 1.29 is 18.9 Å². The zero-order valence-corrected chi connectivity index (χ0v) is 15.1. The first kappa shape index (κ1) is 17.2. The Morgan fingerprint density at radius 3 is 2.64 bits per heavy atom. The van der Waals surface area contributed by atoms with Crippen LogP contribution in [0.15, 0.2) is 36.4 Å². The Kier molecular flexibility index (Phi) is 5.14. The van der Waals surface area contributed by atoms with Gasteiger partial charge in [-0.25, -0.2) is 0 Å². The van der Waals surface area contributed by atoms with E-state index in [0.29, 0.717) is 10.9 Å². The first-order valence-corrected chi connectivity index (χ1v) is 8.20. The zero-order chi connectivity index (χ0) is 17.8. The van der Waals surface area contributed by atoms with Gasteiger partial charge < -0.3 is 29.6 Å². The van der Waals surface area contributed by atoms with Crippen molar-refractivity contribution in [1.82, 2.24) is 5.32 Å². The third-order valence-electron chi connectivity index (χ3n) is 3.90. The summed E-state index contributed by atoms with van der Waals surface area (Å²) >= 11 is 5.42. The van der Waals surface area contributed by atoms with E-state index in [0.717, 1.165) is 28.5 Å². The molecule has 0 saturated heterocycles. The first-order chi connectivity index (χ1) is 12.1. The Morgan fingerprint density at radius 1 is 1.08 bits per heavy atom. The third kappa shape index (κ3) is 3.88. The molecule has 2 aromatic rings. The minimum atomic E-state index is -0.00824. The molecule has 7 heteroatoms. The van der Waals surface area contributed by atoms with Gasteiger partial charge in [0.05, 0.1) is 25.9 Å². The van der Waals surface area contributed by atoms with Gasteiger partial charge in [-0.05, 0) is 49.0 Å². The minimum Gasteiger partial charge on any atom is -0.497 e. The molecule has 0 bridgehead atoms. The van der Waals surface area contributed by atoms with Gasteiger partial charge in [0.2, 0.25) is 6.79 Å². The van der Waals surface area contributed by atoms with Crippen molar-refractivity contribution >= 4 is 23.0 Å². The van der Waals surface area contributed by atoms with Crippen molar-refractivity contribution in [3.8, 4) is 23.0 Å². The van der Waals surface area contributed by atoms with E-state index >= 15 is 0 Å². The first-order valence-electron chi connectivity index (χ1n) is 7.80. The number of fused-ring (bicyclic) bond motifs is 1. The predicted octanol–water partition coefficient (Wildman–Crippen LogP) is 3.48. The molecule has 0 aromatic heterocycles. The average molecular weight is 360 g/mol. The molecule has 1 heterocycles. The van der Waals surface area contributed by atoms with Crippen LogP contribution in [0.5, 0.6) is 23.0 Å². The van der Waals surface area contributed by atoms with Crippen molar-refractivity contribution in [2.45, 2.75) is 13.0 Å². The molecule has 25 heavy (non-hydrogen) atoms. The van der Waals surface area contributed by atoms with Gasteiger partial charge in [0.15, 0.2) is 16.6 Å². The van der Waals surface area contributed by atoms with E-state index in [1.165, 1.54) is 0 Å². The van der Waals surface area contributed by atoms with Crippen molar-refractivity contribution in [3.63, 3.8) is 0 Å². The number of anilines is 1. The van der Waals surface area contributed by atoms with Crippen molar-refractivity contribution in [1.29, 1.82) is 0 Å². The molecular formula is C18H20N2O4S. The molecule has 1 aliphatic rings. The summed E-state index contributed by atoms with van der Waals surface area (Å²) in [7, 11) is 3.22. The van der Waals surface area contributed by atoms with Gasteiger partial charge in [-0.2, -0.15) is 0 Å². The lowest BCUT2D eigenvalue weighted by Gasteiger charge is -2.19. The Morgan fingerprint density at radius 2 is 1.88 bits per heavy atom. The van der Waals surface area contributed by atoms with Crippen LogP contribution in [-0.4, -0.2) is 26.1 Å². The fourth-order valence-electron chi connectivity index (χ4n) is 2.53. The summed E-state index contributed by atoms with van der Waals surface area (Å²) in [5.74, 6) is 2.91. The summed E-state index contributed by atoms with van der Waals surface area (Å²) in [4.78, 5) is 0. The van der Waals surface area contributed by atoms with Crippen LogP contribution < -0.4 is 29.6 Å². The van der Waals surface area contributed by atoms with Gasteiger partial charge in [-0.3, -0.25) is 0 Å². The molecule has 132 valence electrons. The highest BCUT2D eigenvalue weighted by Crippen LogP contribution is 2.34. The van der Waals surface area contributed by atoms with Crippen LogP contribution in [0.2, 0.25) is 0 Å². The highest BCUT2D eigenvalue weighted by Gasteiger charge is 2.16. The lowest BCUT2D eigenvalue weighted by molar-refractivity contribution is 0.174. The second-order valence-electron chi connectivity index (χ2n) is 5.50. The fraction of sp³-hybridized carbons (Fsp3) is 0.278. The number of rotatable bonds is 5. The SMILES string of the molecule is COc1ccc(OC)c(NC(=S)N[C@@H](C)c2ccc3c(c2)OCO3)c1. The van der Waals surface area contributed by atoms with E-state index in [1.54, 1.807) is 14.2 Å². The maximum Gasteiger partial charge on any atom is 0.231 e. The normalized spacial score (nSPS) is 13.1. The van der Waals surface area contributed by atoms with Crippen molar-refractivity contribution in [2.75, 3.05) is 26.3 Å². The number of ether oxygens (including phenoxy) is 4. The standard InChI is InChI=1S/C18H20N2O4S/c1-11(12-4-6-16-17(8-12)24-10-23-16)19-18(25)20-14-9-13(21-2)5-7-15(14)22-3/h4-9,11H,10H2,1-3H3,(H2,19,20,25)/t11-/m0/s1. The summed E-state index contributed by atoms with van der Waals surface area (Å²) in [6.45, 7) is 2.28. The monoisotopic (exact) mass is 360 g/mol. The maximum atomic E-state index is 5.42. The molecular weight excluding hydrogens is 340 g/mol. The molecule has 3 rings (SSSR count). The number of thiocarbonyl (C=S) groups is 1. The Hall–Kier alpha value is -2.67. The molecule has 1 atom stereocenters. The molecule has 0 radical (unpaired) electrons. The fourth-order valence-corrected chi connectivity index (χ4v) is 2.82. The molecule has 0 amide bonds. The van der Waals surface area contributed by atoms with Crippen molar-refractivity contribution in [3.05, 3.63) is 42.0 Å². The third-order valence-corrected chi connectivity index (χ3v) is 4.12. The molecule has 2 N–H and O–H groups in total. The number of hydrogen-bond donors (Lipinski definition) is 2. The molecule has 0 saturated carbocycles. The largest absolute Gasteiger partial charge is 0.497 e. The predicted molar refractivity (Wildman–Crippen MR) is 99.9 cm³/mol. The molecule has 0 spiro atoms. The van der Waals surface area contributed by atoms with Gasteiger partial charge in [0.25, 0.3) is 0 Å². The van der Waals surface area contributed by atoms with Gasteiger partial charge in [0.1, 0.15) is 11.5 Å². The topological polar surface area (TPSA) is 61.0 Å². The van der Waals surface area contributed by atoms with Gasteiger partial charge >= 0.3 is 0 Å². The Labute approximate surface area is 152 Å². The van der Waals surface area contributed by atoms with Crippen LogP contribution in [0, 0.1) is 0 Å². The molecule has 0 unspecified atom stereocenters. The van der Waals surface area contributed by atoms with Gasteiger partial charge in [0, 0.05) is 6.07 Å². The quantitative estimate of drug-likeness (QED) is 0.792. The van der Waals surface area contributed by atoms with E-state index in [-0.39, 0.29) is 12.8 Å². The lowest BCUT2D eigenvalue weighted by atomic mass is 10.1. The summed E-state index contributed by atoms with van der Waals surface area (Å²) in [6.07, 6.45) is 0. The van der Waals surface area contributed by atoms with E-state index in [2.05, 4.69) is 10.6 Å². The molecule has 6 nitrogen and oxygen atoms in total. The van der Waals surface area contributed by atoms with E-state index in [9.17, 15) is 0 Å². The lowest BCUT2D eigenvalue weighted by Crippen LogP contribution is -2.31. The molecule has 0 aliphatic carbocycles. The maximum absolute atomic E-state index is 5.42. The smallest absolute Gasteiger partial charge is 0.231 e.